The molecule has 0 bridgehead atoms. The molecule has 5 rings (SSSR count). The molecule has 1 aliphatic rings. The SMILES string of the molecule is C[C@H](Sc1nnc(-c2ccncc2)n1-c1ccc(Cl)cc1)C(=O)N1CCc2ccccc21. The van der Waals surface area contributed by atoms with Gasteiger partial charge < -0.3 is 4.90 Å². The Morgan fingerprint density at radius 2 is 1.78 bits per heavy atom. The van der Waals surface area contributed by atoms with Gasteiger partial charge in [0.2, 0.25) is 5.91 Å². The third-order valence-corrected chi connectivity index (χ3v) is 6.72. The van der Waals surface area contributed by atoms with Crippen LogP contribution in [0, 0.1) is 0 Å². The van der Waals surface area contributed by atoms with E-state index in [0.717, 1.165) is 23.4 Å². The summed E-state index contributed by atoms with van der Waals surface area (Å²) < 4.78 is 1.96. The van der Waals surface area contributed by atoms with Crippen molar-refractivity contribution in [1.29, 1.82) is 0 Å². The van der Waals surface area contributed by atoms with E-state index in [4.69, 9.17) is 11.6 Å². The normalized spacial score (nSPS) is 13.8. The third-order valence-electron chi connectivity index (χ3n) is 5.44. The lowest BCUT2D eigenvalue weighted by molar-refractivity contribution is -0.117. The number of nitrogens with zero attached hydrogens (tertiary/aromatic N) is 5. The fourth-order valence-electron chi connectivity index (χ4n) is 3.85. The number of aromatic nitrogens is 4. The summed E-state index contributed by atoms with van der Waals surface area (Å²) >= 11 is 7.51. The highest BCUT2D eigenvalue weighted by molar-refractivity contribution is 8.00. The number of hydrogen-bond donors (Lipinski definition) is 0. The van der Waals surface area contributed by atoms with Crippen LogP contribution in [-0.4, -0.2) is 37.5 Å². The van der Waals surface area contributed by atoms with Crippen LogP contribution in [0.3, 0.4) is 0 Å². The van der Waals surface area contributed by atoms with Crippen molar-refractivity contribution < 1.29 is 4.79 Å². The maximum Gasteiger partial charge on any atom is 0.240 e. The average Bonchev–Trinajstić information content (AvgIpc) is 3.44. The number of anilines is 1. The molecule has 4 aromatic rings. The highest BCUT2D eigenvalue weighted by Gasteiger charge is 2.30. The van der Waals surface area contributed by atoms with Crippen molar-refractivity contribution in [2.24, 2.45) is 0 Å². The van der Waals surface area contributed by atoms with E-state index in [1.165, 1.54) is 17.3 Å². The number of benzene rings is 2. The summed E-state index contributed by atoms with van der Waals surface area (Å²) in [5, 5.41) is 9.84. The second kappa shape index (κ2) is 8.76. The number of para-hydroxylation sites is 1. The number of pyridine rings is 1. The van der Waals surface area contributed by atoms with Gasteiger partial charge in [0.1, 0.15) is 0 Å². The molecule has 0 radical (unpaired) electrons. The molecule has 8 heteroatoms. The number of rotatable bonds is 5. The number of fused-ring (bicyclic) bond motifs is 1. The Morgan fingerprint density at radius 1 is 1.03 bits per heavy atom. The number of thioether (sulfide) groups is 1. The van der Waals surface area contributed by atoms with Crippen molar-refractivity contribution in [3.63, 3.8) is 0 Å². The molecule has 0 saturated carbocycles. The van der Waals surface area contributed by atoms with Crippen LogP contribution in [0.5, 0.6) is 0 Å². The second-order valence-electron chi connectivity index (χ2n) is 7.48. The minimum absolute atomic E-state index is 0.0658. The Labute approximate surface area is 195 Å². The first-order chi connectivity index (χ1) is 15.6. The first kappa shape index (κ1) is 20.7. The molecular weight excluding hydrogens is 442 g/mol. The molecule has 3 heterocycles. The van der Waals surface area contributed by atoms with Gasteiger partial charge >= 0.3 is 0 Å². The van der Waals surface area contributed by atoms with Gasteiger partial charge in [-0.3, -0.25) is 14.3 Å². The average molecular weight is 462 g/mol. The first-order valence-corrected chi connectivity index (χ1v) is 11.6. The smallest absolute Gasteiger partial charge is 0.240 e. The molecule has 0 unspecified atom stereocenters. The summed E-state index contributed by atoms with van der Waals surface area (Å²) in [6, 6.07) is 19.4. The summed E-state index contributed by atoms with van der Waals surface area (Å²) in [5.74, 6) is 0.749. The van der Waals surface area contributed by atoms with Crippen LogP contribution in [0.25, 0.3) is 17.1 Å². The number of carbonyl (C=O) groups excluding carboxylic acids is 1. The summed E-state index contributed by atoms with van der Waals surface area (Å²) in [7, 11) is 0. The fraction of sp³-hybridized carbons (Fsp3) is 0.167. The quantitative estimate of drug-likeness (QED) is 0.389. The van der Waals surface area contributed by atoms with Crippen LogP contribution >= 0.6 is 23.4 Å². The van der Waals surface area contributed by atoms with E-state index in [9.17, 15) is 4.79 Å². The molecular formula is C24H20ClN5OS. The number of halogens is 1. The van der Waals surface area contributed by atoms with Crippen molar-refractivity contribution in [2.45, 2.75) is 23.8 Å². The molecule has 0 aliphatic carbocycles. The van der Waals surface area contributed by atoms with Crippen molar-refractivity contribution in [1.82, 2.24) is 19.7 Å². The van der Waals surface area contributed by atoms with Crippen molar-refractivity contribution in [3.8, 4) is 17.1 Å². The van der Waals surface area contributed by atoms with Crippen LogP contribution in [0.4, 0.5) is 5.69 Å². The van der Waals surface area contributed by atoms with Crippen LogP contribution in [0.1, 0.15) is 12.5 Å². The lowest BCUT2D eigenvalue weighted by atomic mass is 10.2. The maximum atomic E-state index is 13.3. The number of carbonyl (C=O) groups is 1. The minimum atomic E-state index is -0.332. The Morgan fingerprint density at radius 3 is 2.56 bits per heavy atom. The highest BCUT2D eigenvalue weighted by atomic mass is 35.5. The lowest BCUT2D eigenvalue weighted by Gasteiger charge is -2.21. The van der Waals surface area contributed by atoms with E-state index in [0.29, 0.717) is 22.5 Å². The van der Waals surface area contributed by atoms with Crippen molar-refractivity contribution in [2.75, 3.05) is 11.4 Å². The zero-order valence-corrected chi connectivity index (χ0v) is 18.9. The molecule has 1 atom stereocenters. The highest BCUT2D eigenvalue weighted by Crippen LogP contribution is 2.34. The zero-order chi connectivity index (χ0) is 22.1. The number of hydrogen-bond acceptors (Lipinski definition) is 5. The molecule has 2 aromatic heterocycles. The lowest BCUT2D eigenvalue weighted by Crippen LogP contribution is -2.35. The van der Waals surface area contributed by atoms with E-state index >= 15 is 0 Å². The standard InChI is InChI=1S/C24H20ClN5OS/c1-16(23(31)29-15-12-17-4-2-3-5-21(17)29)32-24-28-27-22(18-10-13-26-14-11-18)30(24)20-8-6-19(25)7-9-20/h2-11,13-14,16H,12,15H2,1H3/t16-/m0/s1. The molecule has 0 saturated heterocycles. The molecule has 6 nitrogen and oxygen atoms in total. The van der Waals surface area contributed by atoms with Crippen LogP contribution < -0.4 is 4.90 Å². The molecule has 1 aliphatic heterocycles. The van der Waals surface area contributed by atoms with Gasteiger partial charge in [-0.1, -0.05) is 41.6 Å². The van der Waals surface area contributed by atoms with Gasteiger partial charge in [0.05, 0.1) is 5.25 Å². The largest absolute Gasteiger partial charge is 0.311 e. The third kappa shape index (κ3) is 3.89. The van der Waals surface area contributed by atoms with Gasteiger partial charge in [-0.2, -0.15) is 0 Å². The molecule has 2 aromatic carbocycles. The summed E-state index contributed by atoms with van der Waals surface area (Å²) in [5.41, 5.74) is 3.98. The Balaban J connectivity index is 1.48. The zero-order valence-electron chi connectivity index (χ0n) is 17.4. The van der Waals surface area contributed by atoms with Gasteiger partial charge in [-0.15, -0.1) is 10.2 Å². The van der Waals surface area contributed by atoms with Crippen LogP contribution in [0.2, 0.25) is 5.02 Å². The molecule has 1 amide bonds. The molecule has 0 N–H and O–H groups in total. The van der Waals surface area contributed by atoms with Gasteiger partial charge in [0.25, 0.3) is 0 Å². The molecule has 160 valence electrons. The fourth-order valence-corrected chi connectivity index (χ4v) is 4.91. The Bertz CT molecular complexity index is 1260. The van der Waals surface area contributed by atoms with Crippen LogP contribution in [0.15, 0.2) is 78.2 Å². The van der Waals surface area contributed by atoms with Gasteiger partial charge in [0, 0.05) is 40.9 Å². The second-order valence-corrected chi connectivity index (χ2v) is 9.23. The Hall–Kier alpha value is -3.16. The molecule has 0 fully saturated rings. The van der Waals surface area contributed by atoms with Crippen molar-refractivity contribution in [3.05, 3.63) is 83.6 Å². The van der Waals surface area contributed by atoms with Crippen LogP contribution in [-0.2, 0) is 11.2 Å². The van der Waals surface area contributed by atoms with E-state index < -0.39 is 0 Å². The van der Waals surface area contributed by atoms with Gasteiger partial charge in [0.15, 0.2) is 11.0 Å². The predicted molar refractivity (Wildman–Crippen MR) is 127 cm³/mol. The Kier molecular flexibility index (Phi) is 5.68. The maximum absolute atomic E-state index is 13.3. The monoisotopic (exact) mass is 461 g/mol. The summed E-state index contributed by atoms with van der Waals surface area (Å²) in [6.45, 7) is 2.62. The molecule has 32 heavy (non-hydrogen) atoms. The minimum Gasteiger partial charge on any atom is -0.311 e. The summed E-state index contributed by atoms with van der Waals surface area (Å²) in [4.78, 5) is 19.3. The predicted octanol–water partition coefficient (Wildman–Crippen LogP) is 5.05. The van der Waals surface area contributed by atoms with E-state index in [2.05, 4.69) is 21.2 Å². The number of amides is 1. The first-order valence-electron chi connectivity index (χ1n) is 10.3. The van der Waals surface area contributed by atoms with Crippen molar-refractivity contribution >= 4 is 35.0 Å². The molecule has 0 spiro atoms. The van der Waals surface area contributed by atoms with E-state index in [1.807, 2.05) is 71.0 Å². The topological polar surface area (TPSA) is 63.9 Å². The van der Waals surface area contributed by atoms with E-state index in [1.54, 1.807) is 12.4 Å². The van der Waals surface area contributed by atoms with E-state index in [-0.39, 0.29) is 11.2 Å². The van der Waals surface area contributed by atoms with Gasteiger partial charge in [-0.05, 0) is 61.4 Å². The summed E-state index contributed by atoms with van der Waals surface area (Å²) in [6.07, 6.45) is 4.33. The van der Waals surface area contributed by atoms with Gasteiger partial charge in [-0.25, -0.2) is 0 Å².